The Morgan fingerprint density at radius 2 is 2.00 bits per heavy atom. The van der Waals surface area contributed by atoms with Gasteiger partial charge in [-0.3, -0.25) is 14.9 Å². The molecule has 7 heteroatoms. The first kappa shape index (κ1) is 14.4. The average molecular weight is 286 g/mol. The van der Waals surface area contributed by atoms with E-state index in [1.807, 2.05) is 30.3 Å². The van der Waals surface area contributed by atoms with Crippen LogP contribution in [0.1, 0.15) is 5.56 Å². The molecular weight excluding hydrogens is 272 g/mol. The van der Waals surface area contributed by atoms with E-state index in [1.165, 1.54) is 18.3 Å². The molecule has 0 aliphatic carbocycles. The van der Waals surface area contributed by atoms with Crippen LogP contribution in [0.25, 0.3) is 0 Å². The van der Waals surface area contributed by atoms with Crippen LogP contribution in [0.2, 0.25) is 0 Å². The molecule has 0 bridgehead atoms. The van der Waals surface area contributed by atoms with E-state index in [4.69, 9.17) is 0 Å². The molecule has 2 aromatic rings. The standard InChI is InChI=1S/C14H14N4O3/c19-14(17-9-11-4-2-1-3-5-11)10-16-13-8-12(18(20)21)6-7-15-13/h1-8H,9-10H2,(H,15,16)(H,17,19). The predicted octanol–water partition coefficient (Wildman–Crippen LogP) is 1.72. The number of amides is 1. The van der Waals surface area contributed by atoms with Gasteiger partial charge in [0.1, 0.15) is 5.82 Å². The zero-order valence-corrected chi connectivity index (χ0v) is 11.2. The summed E-state index contributed by atoms with van der Waals surface area (Å²) in [6.45, 7) is 0.435. The molecule has 0 saturated carbocycles. The summed E-state index contributed by atoms with van der Waals surface area (Å²) in [7, 11) is 0. The van der Waals surface area contributed by atoms with Gasteiger partial charge in [-0.25, -0.2) is 4.98 Å². The average Bonchev–Trinajstić information content (AvgIpc) is 2.52. The highest BCUT2D eigenvalue weighted by atomic mass is 16.6. The van der Waals surface area contributed by atoms with Crippen LogP contribution in [-0.4, -0.2) is 22.4 Å². The number of hydrogen-bond donors (Lipinski definition) is 2. The third kappa shape index (κ3) is 4.57. The number of benzene rings is 1. The number of nitrogens with one attached hydrogen (secondary N) is 2. The summed E-state index contributed by atoms with van der Waals surface area (Å²) >= 11 is 0. The molecule has 1 aromatic heterocycles. The highest BCUT2D eigenvalue weighted by Gasteiger charge is 2.07. The van der Waals surface area contributed by atoms with Crippen LogP contribution in [-0.2, 0) is 11.3 Å². The Hall–Kier alpha value is -2.96. The molecule has 0 fully saturated rings. The Morgan fingerprint density at radius 1 is 1.24 bits per heavy atom. The lowest BCUT2D eigenvalue weighted by molar-refractivity contribution is -0.384. The maximum absolute atomic E-state index is 11.7. The smallest absolute Gasteiger partial charge is 0.274 e. The van der Waals surface area contributed by atoms with Crippen LogP contribution in [0, 0.1) is 10.1 Å². The van der Waals surface area contributed by atoms with Crippen molar-refractivity contribution in [3.05, 3.63) is 64.3 Å². The zero-order chi connectivity index (χ0) is 15.1. The molecule has 108 valence electrons. The maximum Gasteiger partial charge on any atom is 0.274 e. The summed E-state index contributed by atoms with van der Waals surface area (Å²) in [4.78, 5) is 25.7. The van der Waals surface area contributed by atoms with Gasteiger partial charge in [0.15, 0.2) is 0 Å². The highest BCUT2D eigenvalue weighted by molar-refractivity contribution is 5.80. The Kier molecular flexibility index (Phi) is 4.81. The van der Waals surface area contributed by atoms with Gasteiger partial charge in [0.25, 0.3) is 5.69 Å². The van der Waals surface area contributed by atoms with E-state index < -0.39 is 4.92 Å². The molecule has 0 saturated heterocycles. The lowest BCUT2D eigenvalue weighted by atomic mass is 10.2. The van der Waals surface area contributed by atoms with Crippen LogP contribution in [0.4, 0.5) is 11.5 Å². The molecule has 0 aliphatic rings. The molecule has 1 amide bonds. The molecule has 2 rings (SSSR count). The van der Waals surface area contributed by atoms with Crippen molar-refractivity contribution in [1.82, 2.24) is 10.3 Å². The summed E-state index contributed by atoms with van der Waals surface area (Å²) in [5.41, 5.74) is 0.927. The molecule has 0 unspecified atom stereocenters. The van der Waals surface area contributed by atoms with Crippen molar-refractivity contribution in [2.45, 2.75) is 6.54 Å². The molecule has 0 spiro atoms. The Bertz CT molecular complexity index is 631. The number of nitro groups is 1. The summed E-state index contributed by atoms with van der Waals surface area (Å²) < 4.78 is 0. The van der Waals surface area contributed by atoms with E-state index in [0.29, 0.717) is 12.4 Å². The first-order valence-electron chi connectivity index (χ1n) is 6.30. The number of aromatic nitrogens is 1. The molecule has 0 radical (unpaired) electrons. The molecule has 1 heterocycles. The number of hydrogen-bond acceptors (Lipinski definition) is 5. The lowest BCUT2D eigenvalue weighted by Gasteiger charge is -2.07. The number of pyridine rings is 1. The van der Waals surface area contributed by atoms with Gasteiger partial charge in [-0.1, -0.05) is 30.3 Å². The van der Waals surface area contributed by atoms with Gasteiger partial charge >= 0.3 is 0 Å². The van der Waals surface area contributed by atoms with Crippen molar-refractivity contribution >= 4 is 17.4 Å². The van der Waals surface area contributed by atoms with Gasteiger partial charge in [0, 0.05) is 18.8 Å². The largest absolute Gasteiger partial charge is 0.361 e. The zero-order valence-electron chi connectivity index (χ0n) is 11.2. The molecule has 0 atom stereocenters. The summed E-state index contributed by atoms with van der Waals surface area (Å²) in [5, 5.41) is 16.1. The van der Waals surface area contributed by atoms with Gasteiger partial charge in [-0.15, -0.1) is 0 Å². The third-order valence-electron chi connectivity index (χ3n) is 2.72. The summed E-state index contributed by atoms with van der Waals surface area (Å²) in [6.07, 6.45) is 1.32. The first-order chi connectivity index (χ1) is 10.1. The van der Waals surface area contributed by atoms with E-state index in [-0.39, 0.29) is 18.1 Å². The second-order valence-corrected chi connectivity index (χ2v) is 4.27. The van der Waals surface area contributed by atoms with Crippen molar-refractivity contribution in [2.24, 2.45) is 0 Å². The number of nitrogens with zero attached hydrogens (tertiary/aromatic N) is 2. The highest BCUT2D eigenvalue weighted by Crippen LogP contribution is 2.13. The predicted molar refractivity (Wildman–Crippen MR) is 77.7 cm³/mol. The fraction of sp³-hybridized carbons (Fsp3) is 0.143. The third-order valence-corrected chi connectivity index (χ3v) is 2.72. The number of carbonyl (C=O) groups excluding carboxylic acids is 1. The molecule has 0 aliphatic heterocycles. The number of carbonyl (C=O) groups is 1. The van der Waals surface area contributed by atoms with Crippen molar-refractivity contribution in [1.29, 1.82) is 0 Å². The SMILES string of the molecule is O=C(CNc1cc([N+](=O)[O-])ccn1)NCc1ccccc1. The van der Waals surface area contributed by atoms with Crippen LogP contribution in [0.5, 0.6) is 0 Å². The first-order valence-corrected chi connectivity index (χ1v) is 6.30. The van der Waals surface area contributed by atoms with Crippen molar-refractivity contribution in [3.8, 4) is 0 Å². The Labute approximate surface area is 121 Å². The van der Waals surface area contributed by atoms with Crippen LogP contribution in [0.3, 0.4) is 0 Å². The van der Waals surface area contributed by atoms with Crippen LogP contribution >= 0.6 is 0 Å². The second kappa shape index (κ2) is 6.99. The van der Waals surface area contributed by atoms with E-state index >= 15 is 0 Å². The summed E-state index contributed by atoms with van der Waals surface area (Å²) in [6, 6.07) is 12.1. The fourth-order valence-corrected chi connectivity index (χ4v) is 1.66. The molecular formula is C14H14N4O3. The number of anilines is 1. The van der Waals surface area contributed by atoms with Gasteiger partial charge in [-0.2, -0.15) is 0 Å². The minimum absolute atomic E-state index is 0.000993. The van der Waals surface area contributed by atoms with Gasteiger partial charge in [0.05, 0.1) is 17.5 Å². The van der Waals surface area contributed by atoms with Crippen molar-refractivity contribution in [2.75, 3.05) is 11.9 Å². The quantitative estimate of drug-likeness (QED) is 0.622. The number of rotatable bonds is 6. The van der Waals surface area contributed by atoms with Crippen LogP contribution in [0.15, 0.2) is 48.7 Å². The van der Waals surface area contributed by atoms with Gasteiger partial charge in [0.2, 0.25) is 5.91 Å². The summed E-state index contributed by atoms with van der Waals surface area (Å²) in [5.74, 6) is 0.0752. The lowest BCUT2D eigenvalue weighted by Crippen LogP contribution is -2.29. The Morgan fingerprint density at radius 3 is 2.71 bits per heavy atom. The van der Waals surface area contributed by atoms with Crippen LogP contribution < -0.4 is 10.6 Å². The molecule has 7 nitrogen and oxygen atoms in total. The van der Waals surface area contributed by atoms with Crippen molar-refractivity contribution in [3.63, 3.8) is 0 Å². The minimum atomic E-state index is -0.512. The molecule has 21 heavy (non-hydrogen) atoms. The normalized spacial score (nSPS) is 9.90. The second-order valence-electron chi connectivity index (χ2n) is 4.27. The minimum Gasteiger partial charge on any atom is -0.361 e. The van der Waals surface area contributed by atoms with Gasteiger partial charge < -0.3 is 10.6 Å². The van der Waals surface area contributed by atoms with E-state index in [0.717, 1.165) is 5.56 Å². The maximum atomic E-state index is 11.7. The molecule has 2 N–H and O–H groups in total. The van der Waals surface area contributed by atoms with E-state index in [1.54, 1.807) is 0 Å². The fourth-order valence-electron chi connectivity index (χ4n) is 1.66. The van der Waals surface area contributed by atoms with Gasteiger partial charge in [-0.05, 0) is 5.56 Å². The van der Waals surface area contributed by atoms with Crippen molar-refractivity contribution < 1.29 is 9.72 Å². The topological polar surface area (TPSA) is 97.2 Å². The Balaban J connectivity index is 1.81. The monoisotopic (exact) mass is 286 g/mol. The van der Waals surface area contributed by atoms with E-state index in [9.17, 15) is 14.9 Å². The van der Waals surface area contributed by atoms with E-state index in [2.05, 4.69) is 15.6 Å². The molecule has 1 aromatic carbocycles.